The van der Waals surface area contributed by atoms with Crippen molar-refractivity contribution in [3.63, 3.8) is 0 Å². The molecule has 2 aromatic rings. The molecule has 0 bridgehead atoms. The van der Waals surface area contributed by atoms with E-state index in [0.717, 1.165) is 14.9 Å². The Morgan fingerprint density at radius 1 is 1.39 bits per heavy atom. The summed E-state index contributed by atoms with van der Waals surface area (Å²) < 4.78 is 0.960. The van der Waals surface area contributed by atoms with E-state index < -0.39 is 0 Å². The molecule has 0 spiro atoms. The highest BCUT2D eigenvalue weighted by Crippen LogP contribution is 2.29. The van der Waals surface area contributed by atoms with Crippen LogP contribution < -0.4 is 17.0 Å². The number of nitrogens with two attached hydrogens (primary N) is 2. The Bertz CT molecular complexity index is 629. The highest BCUT2D eigenvalue weighted by molar-refractivity contribution is 9.10. The number of nitrogen functional groups attached to an aromatic ring is 1. The van der Waals surface area contributed by atoms with Gasteiger partial charge in [-0.3, -0.25) is 4.79 Å². The number of hydrogen-bond donors (Lipinski definition) is 3. The van der Waals surface area contributed by atoms with E-state index in [1.807, 2.05) is 18.2 Å². The molecule has 94 valence electrons. The minimum atomic E-state index is -0.267. The van der Waals surface area contributed by atoms with Crippen molar-refractivity contribution >= 4 is 33.5 Å². The standard InChI is InChI=1S/C11H11BrN4OS/c12-7-1-2-8(6(3-7)5-13)18-11-15-9(14)4-10(17)16-11/h1-4H,5,13H2,(H3,14,15,16,17). The molecule has 1 heterocycles. The van der Waals surface area contributed by atoms with Gasteiger partial charge < -0.3 is 16.5 Å². The van der Waals surface area contributed by atoms with Crippen molar-refractivity contribution in [1.29, 1.82) is 0 Å². The van der Waals surface area contributed by atoms with Crippen LogP contribution in [0.2, 0.25) is 0 Å². The number of nitrogens with zero attached hydrogens (tertiary/aromatic N) is 1. The largest absolute Gasteiger partial charge is 0.383 e. The van der Waals surface area contributed by atoms with Gasteiger partial charge in [0, 0.05) is 22.0 Å². The first-order chi connectivity index (χ1) is 8.58. The summed E-state index contributed by atoms with van der Waals surface area (Å²) in [5.41, 5.74) is 11.9. The van der Waals surface area contributed by atoms with Crippen LogP contribution >= 0.6 is 27.7 Å². The lowest BCUT2D eigenvalue weighted by atomic mass is 10.2. The first-order valence-electron chi connectivity index (χ1n) is 5.11. The maximum absolute atomic E-state index is 11.3. The minimum absolute atomic E-state index is 0.202. The lowest BCUT2D eigenvalue weighted by Crippen LogP contribution is -2.09. The van der Waals surface area contributed by atoms with Crippen LogP contribution in [0.5, 0.6) is 0 Å². The smallest absolute Gasteiger partial charge is 0.253 e. The molecule has 0 radical (unpaired) electrons. The lowest BCUT2D eigenvalue weighted by molar-refractivity contribution is 0.940. The molecule has 0 aliphatic rings. The van der Waals surface area contributed by atoms with E-state index in [1.165, 1.54) is 17.8 Å². The SMILES string of the molecule is NCc1cc(Br)ccc1Sc1nc(N)cc(=O)[nH]1. The van der Waals surface area contributed by atoms with Gasteiger partial charge in [0.1, 0.15) is 5.82 Å². The van der Waals surface area contributed by atoms with Gasteiger partial charge in [-0.15, -0.1) is 0 Å². The van der Waals surface area contributed by atoms with Crippen molar-refractivity contribution in [2.45, 2.75) is 16.6 Å². The molecule has 0 amide bonds. The second-order valence-corrected chi connectivity index (χ2v) is 5.48. The van der Waals surface area contributed by atoms with Crippen molar-refractivity contribution < 1.29 is 0 Å². The topological polar surface area (TPSA) is 97.8 Å². The molecule has 5 N–H and O–H groups in total. The van der Waals surface area contributed by atoms with Gasteiger partial charge in [-0.25, -0.2) is 4.98 Å². The van der Waals surface area contributed by atoms with E-state index in [9.17, 15) is 4.79 Å². The van der Waals surface area contributed by atoms with Crippen LogP contribution in [-0.4, -0.2) is 9.97 Å². The molecule has 0 aliphatic carbocycles. The number of aromatic nitrogens is 2. The maximum Gasteiger partial charge on any atom is 0.253 e. The Morgan fingerprint density at radius 3 is 2.83 bits per heavy atom. The summed E-state index contributed by atoms with van der Waals surface area (Å²) in [5, 5.41) is 0.456. The average molecular weight is 327 g/mol. The Hall–Kier alpha value is -1.31. The molecule has 0 atom stereocenters. The summed E-state index contributed by atoms with van der Waals surface area (Å²) in [4.78, 5) is 18.9. The molecular weight excluding hydrogens is 316 g/mol. The second kappa shape index (κ2) is 5.55. The Kier molecular flexibility index (Phi) is 4.05. The number of hydrogen-bond acceptors (Lipinski definition) is 5. The van der Waals surface area contributed by atoms with Crippen molar-refractivity contribution in [2.24, 2.45) is 5.73 Å². The van der Waals surface area contributed by atoms with Crippen LogP contribution in [0.1, 0.15) is 5.56 Å². The first-order valence-corrected chi connectivity index (χ1v) is 6.72. The van der Waals surface area contributed by atoms with E-state index in [4.69, 9.17) is 11.5 Å². The van der Waals surface area contributed by atoms with Crippen molar-refractivity contribution in [2.75, 3.05) is 5.73 Å². The first kappa shape index (κ1) is 13.1. The summed E-state index contributed by atoms with van der Waals surface area (Å²) in [6.07, 6.45) is 0. The molecule has 0 saturated carbocycles. The number of H-pyrrole nitrogens is 1. The van der Waals surface area contributed by atoms with E-state index in [1.54, 1.807) is 0 Å². The third-order valence-corrected chi connectivity index (χ3v) is 3.69. The monoisotopic (exact) mass is 326 g/mol. The number of anilines is 1. The molecule has 0 fully saturated rings. The van der Waals surface area contributed by atoms with Gasteiger partial charge in [0.05, 0.1) is 0 Å². The van der Waals surface area contributed by atoms with Crippen LogP contribution in [0.15, 0.2) is 43.6 Å². The summed E-state index contributed by atoms with van der Waals surface area (Å²) in [5.74, 6) is 0.202. The predicted molar refractivity (Wildman–Crippen MR) is 75.4 cm³/mol. The van der Waals surface area contributed by atoms with E-state index in [0.29, 0.717) is 11.7 Å². The van der Waals surface area contributed by atoms with Crippen molar-refractivity contribution in [1.82, 2.24) is 9.97 Å². The zero-order valence-electron chi connectivity index (χ0n) is 9.31. The normalized spacial score (nSPS) is 10.6. The Balaban J connectivity index is 2.36. The lowest BCUT2D eigenvalue weighted by Gasteiger charge is -2.07. The quantitative estimate of drug-likeness (QED) is 0.746. The van der Waals surface area contributed by atoms with Gasteiger partial charge in [0.15, 0.2) is 5.16 Å². The number of benzene rings is 1. The summed E-state index contributed by atoms with van der Waals surface area (Å²) >= 11 is 4.72. The summed E-state index contributed by atoms with van der Waals surface area (Å²) in [6.45, 7) is 0.411. The van der Waals surface area contributed by atoms with Crippen LogP contribution in [0.4, 0.5) is 5.82 Å². The van der Waals surface area contributed by atoms with E-state index >= 15 is 0 Å². The van der Waals surface area contributed by atoms with E-state index in [-0.39, 0.29) is 11.4 Å². The average Bonchev–Trinajstić information content (AvgIpc) is 2.30. The van der Waals surface area contributed by atoms with Gasteiger partial charge >= 0.3 is 0 Å². The molecule has 0 unspecified atom stereocenters. The molecule has 0 saturated heterocycles. The fourth-order valence-electron chi connectivity index (χ4n) is 1.41. The number of nitrogens with one attached hydrogen (secondary N) is 1. The fraction of sp³-hybridized carbons (Fsp3) is 0.0909. The molecule has 0 aliphatic heterocycles. The summed E-state index contributed by atoms with van der Waals surface area (Å²) in [7, 11) is 0. The van der Waals surface area contributed by atoms with Crippen LogP contribution in [-0.2, 0) is 6.54 Å². The van der Waals surface area contributed by atoms with Gasteiger partial charge in [0.25, 0.3) is 5.56 Å². The van der Waals surface area contributed by atoms with Gasteiger partial charge in [0.2, 0.25) is 0 Å². The zero-order chi connectivity index (χ0) is 13.1. The molecule has 18 heavy (non-hydrogen) atoms. The molecular formula is C11H11BrN4OS. The maximum atomic E-state index is 11.3. The third kappa shape index (κ3) is 3.12. The van der Waals surface area contributed by atoms with Crippen molar-refractivity contribution in [3.8, 4) is 0 Å². The van der Waals surface area contributed by atoms with Crippen LogP contribution in [0, 0.1) is 0 Å². The van der Waals surface area contributed by atoms with Crippen molar-refractivity contribution in [3.05, 3.63) is 44.7 Å². The second-order valence-electron chi connectivity index (χ2n) is 3.53. The third-order valence-electron chi connectivity index (χ3n) is 2.19. The van der Waals surface area contributed by atoms with Gasteiger partial charge in [-0.2, -0.15) is 0 Å². The predicted octanol–water partition coefficient (Wildman–Crippen LogP) is 1.72. The molecule has 2 rings (SSSR count). The van der Waals surface area contributed by atoms with Crippen LogP contribution in [0.3, 0.4) is 0 Å². The Labute approximate surface area is 116 Å². The Morgan fingerprint density at radius 2 is 2.17 bits per heavy atom. The zero-order valence-corrected chi connectivity index (χ0v) is 11.7. The van der Waals surface area contributed by atoms with Gasteiger partial charge in [-0.05, 0) is 23.8 Å². The summed E-state index contributed by atoms with van der Waals surface area (Å²) in [6, 6.07) is 7.01. The van der Waals surface area contributed by atoms with Crippen LogP contribution in [0.25, 0.3) is 0 Å². The highest BCUT2D eigenvalue weighted by Gasteiger charge is 2.06. The number of aromatic amines is 1. The van der Waals surface area contributed by atoms with Gasteiger partial charge in [-0.1, -0.05) is 27.7 Å². The molecule has 5 nitrogen and oxygen atoms in total. The molecule has 1 aromatic carbocycles. The minimum Gasteiger partial charge on any atom is -0.383 e. The highest BCUT2D eigenvalue weighted by atomic mass is 79.9. The fourth-order valence-corrected chi connectivity index (χ4v) is 2.74. The molecule has 7 heteroatoms. The number of halogens is 1. The van der Waals surface area contributed by atoms with E-state index in [2.05, 4.69) is 25.9 Å². The molecule has 1 aromatic heterocycles. The number of rotatable bonds is 3.